The number of rotatable bonds is 4. The molecule has 0 fully saturated rings. The zero-order chi connectivity index (χ0) is 19.8. The number of carbonyl (C=O) groups is 2. The van der Waals surface area contributed by atoms with E-state index in [-0.39, 0.29) is 23.9 Å². The molecule has 1 amide bonds. The van der Waals surface area contributed by atoms with Crippen LogP contribution in [0.1, 0.15) is 46.4 Å². The van der Waals surface area contributed by atoms with Crippen LogP contribution < -0.4 is 5.32 Å². The van der Waals surface area contributed by atoms with Crippen LogP contribution in [-0.2, 0) is 11.2 Å². The first-order valence-electron chi connectivity index (χ1n) is 9.30. The number of amides is 1. The van der Waals surface area contributed by atoms with E-state index in [0.29, 0.717) is 17.1 Å². The van der Waals surface area contributed by atoms with Crippen molar-refractivity contribution in [3.63, 3.8) is 0 Å². The topological polar surface area (TPSA) is 84.2 Å². The van der Waals surface area contributed by atoms with Crippen LogP contribution in [0.25, 0.3) is 5.69 Å². The molecule has 3 aromatic rings. The first kappa shape index (κ1) is 18.0. The molecule has 0 bridgehead atoms. The van der Waals surface area contributed by atoms with Crippen molar-refractivity contribution < 1.29 is 14.7 Å². The van der Waals surface area contributed by atoms with Crippen molar-refractivity contribution in [2.45, 2.75) is 32.6 Å². The number of aromatic nitrogens is 2. The predicted octanol–water partition coefficient (Wildman–Crippen LogP) is 3.76. The van der Waals surface area contributed by atoms with Crippen LogP contribution in [0.2, 0.25) is 0 Å². The van der Waals surface area contributed by atoms with E-state index in [1.165, 1.54) is 17.7 Å². The van der Waals surface area contributed by atoms with Gasteiger partial charge in [-0.15, -0.1) is 0 Å². The highest BCUT2D eigenvalue weighted by molar-refractivity contribution is 6.08. The number of hydrogen-bond donors (Lipinski definition) is 2. The molecule has 6 heteroatoms. The number of phenols is 1. The lowest BCUT2D eigenvalue weighted by atomic mass is 9.85. The molecule has 0 radical (unpaired) electrons. The number of fused-ring (bicyclic) bond motifs is 1. The number of aromatic hydroxyl groups is 1. The summed E-state index contributed by atoms with van der Waals surface area (Å²) in [6, 6.07) is 14.1. The molecule has 0 aliphatic carbocycles. The van der Waals surface area contributed by atoms with Crippen molar-refractivity contribution in [2.24, 2.45) is 0 Å². The van der Waals surface area contributed by atoms with Gasteiger partial charge >= 0.3 is 0 Å². The second-order valence-corrected chi connectivity index (χ2v) is 7.00. The molecule has 1 aliphatic heterocycles. The summed E-state index contributed by atoms with van der Waals surface area (Å²) >= 11 is 0. The van der Waals surface area contributed by atoms with Crippen LogP contribution in [-0.4, -0.2) is 26.6 Å². The molecule has 1 aliphatic rings. The lowest BCUT2D eigenvalue weighted by molar-refractivity contribution is -0.116. The molecule has 28 heavy (non-hydrogen) atoms. The van der Waals surface area contributed by atoms with Gasteiger partial charge < -0.3 is 10.4 Å². The number of nitrogens with one attached hydrogen (secondary N) is 1. The van der Waals surface area contributed by atoms with Crippen molar-refractivity contribution in [2.75, 3.05) is 5.32 Å². The Morgan fingerprint density at radius 3 is 2.71 bits per heavy atom. The average molecular weight is 375 g/mol. The third-order valence-corrected chi connectivity index (χ3v) is 5.13. The molecular weight excluding hydrogens is 354 g/mol. The molecule has 2 aromatic carbocycles. The lowest BCUT2D eigenvalue weighted by Crippen LogP contribution is -2.28. The van der Waals surface area contributed by atoms with Crippen LogP contribution in [0.4, 0.5) is 5.82 Å². The Morgan fingerprint density at radius 2 is 2.00 bits per heavy atom. The molecule has 4 rings (SSSR count). The van der Waals surface area contributed by atoms with E-state index in [2.05, 4.69) is 17.3 Å². The maximum absolute atomic E-state index is 13.1. The summed E-state index contributed by atoms with van der Waals surface area (Å²) in [4.78, 5) is 25.5. The van der Waals surface area contributed by atoms with E-state index in [1.807, 2.05) is 31.2 Å². The van der Waals surface area contributed by atoms with Gasteiger partial charge in [0.2, 0.25) is 5.91 Å². The fourth-order valence-electron chi connectivity index (χ4n) is 3.69. The number of Topliss-reactive ketones (excluding diaryl/α,β-unsaturated/α-hetero) is 1. The van der Waals surface area contributed by atoms with Gasteiger partial charge in [-0.3, -0.25) is 9.59 Å². The third kappa shape index (κ3) is 3.07. The number of nitrogens with zero attached hydrogens (tertiary/aromatic N) is 2. The summed E-state index contributed by atoms with van der Waals surface area (Å²) in [7, 11) is 0. The molecule has 0 saturated carbocycles. The maximum atomic E-state index is 13.1. The number of anilines is 1. The molecule has 142 valence electrons. The monoisotopic (exact) mass is 375 g/mol. The van der Waals surface area contributed by atoms with Crippen LogP contribution in [0.15, 0.2) is 48.5 Å². The van der Waals surface area contributed by atoms with Crippen LogP contribution in [0.3, 0.4) is 0 Å². The van der Waals surface area contributed by atoms with Gasteiger partial charge in [0.05, 0.1) is 17.3 Å². The first-order valence-corrected chi connectivity index (χ1v) is 9.30. The van der Waals surface area contributed by atoms with Crippen molar-refractivity contribution in [3.05, 3.63) is 70.9 Å². The number of ketones is 1. The number of hydrogen-bond acceptors (Lipinski definition) is 4. The summed E-state index contributed by atoms with van der Waals surface area (Å²) < 4.78 is 1.71. The SMILES string of the molecule is CCc1cccc(-n2nc(C)c3c2NC(=O)CC3C(=O)c2ccc(O)cc2)c1. The molecule has 2 heterocycles. The molecule has 1 unspecified atom stereocenters. The highest BCUT2D eigenvalue weighted by Crippen LogP contribution is 2.38. The molecule has 1 aromatic heterocycles. The van der Waals surface area contributed by atoms with E-state index < -0.39 is 5.92 Å². The molecule has 2 N–H and O–H groups in total. The Labute approximate surface area is 162 Å². The van der Waals surface area contributed by atoms with Gasteiger partial charge in [-0.1, -0.05) is 19.1 Å². The number of benzene rings is 2. The summed E-state index contributed by atoms with van der Waals surface area (Å²) in [5.74, 6) is -0.313. The van der Waals surface area contributed by atoms with E-state index in [0.717, 1.165) is 17.7 Å². The van der Waals surface area contributed by atoms with Crippen molar-refractivity contribution in [3.8, 4) is 11.4 Å². The lowest BCUT2D eigenvalue weighted by Gasteiger charge is -2.23. The van der Waals surface area contributed by atoms with E-state index in [9.17, 15) is 14.7 Å². The van der Waals surface area contributed by atoms with Gasteiger partial charge in [0, 0.05) is 17.5 Å². The van der Waals surface area contributed by atoms with E-state index in [4.69, 9.17) is 0 Å². The number of carbonyl (C=O) groups excluding carboxylic acids is 2. The van der Waals surface area contributed by atoms with Gasteiger partial charge in [-0.2, -0.15) is 5.10 Å². The van der Waals surface area contributed by atoms with Gasteiger partial charge in [0.25, 0.3) is 0 Å². The Morgan fingerprint density at radius 1 is 1.25 bits per heavy atom. The van der Waals surface area contributed by atoms with E-state index in [1.54, 1.807) is 16.8 Å². The van der Waals surface area contributed by atoms with Crippen molar-refractivity contribution in [1.82, 2.24) is 9.78 Å². The zero-order valence-electron chi connectivity index (χ0n) is 15.8. The Hall–Kier alpha value is -3.41. The minimum Gasteiger partial charge on any atom is -0.508 e. The second-order valence-electron chi connectivity index (χ2n) is 7.00. The summed E-state index contributed by atoms with van der Waals surface area (Å²) in [6.45, 7) is 3.94. The second kappa shape index (κ2) is 6.96. The first-order chi connectivity index (χ1) is 13.5. The minimum atomic E-state index is -0.601. The molecular formula is C22H21N3O3. The fraction of sp³-hybridized carbons (Fsp3) is 0.227. The Balaban J connectivity index is 1.81. The third-order valence-electron chi connectivity index (χ3n) is 5.13. The fourth-order valence-corrected chi connectivity index (χ4v) is 3.69. The van der Waals surface area contributed by atoms with Crippen LogP contribution in [0.5, 0.6) is 5.75 Å². The number of aryl methyl sites for hydroxylation is 2. The van der Waals surface area contributed by atoms with Crippen molar-refractivity contribution >= 4 is 17.5 Å². The Bertz CT molecular complexity index is 1070. The van der Waals surface area contributed by atoms with E-state index >= 15 is 0 Å². The average Bonchev–Trinajstić information content (AvgIpc) is 3.04. The number of phenolic OH excluding ortho intramolecular Hbond substituents is 1. The summed E-state index contributed by atoms with van der Waals surface area (Å²) in [5.41, 5.74) is 3.94. The van der Waals surface area contributed by atoms with Gasteiger partial charge in [-0.25, -0.2) is 4.68 Å². The predicted molar refractivity (Wildman–Crippen MR) is 106 cm³/mol. The molecule has 0 saturated heterocycles. The van der Waals surface area contributed by atoms with Gasteiger partial charge in [0.15, 0.2) is 5.78 Å². The quantitative estimate of drug-likeness (QED) is 0.680. The van der Waals surface area contributed by atoms with Crippen molar-refractivity contribution in [1.29, 1.82) is 0 Å². The van der Waals surface area contributed by atoms with Gasteiger partial charge in [0.1, 0.15) is 11.6 Å². The minimum absolute atomic E-state index is 0.0776. The summed E-state index contributed by atoms with van der Waals surface area (Å²) in [6.07, 6.45) is 0.971. The normalized spacial score (nSPS) is 15.8. The molecule has 6 nitrogen and oxygen atoms in total. The maximum Gasteiger partial charge on any atom is 0.226 e. The largest absolute Gasteiger partial charge is 0.508 e. The molecule has 0 spiro atoms. The Kier molecular flexibility index (Phi) is 4.47. The van der Waals surface area contributed by atoms with Gasteiger partial charge in [-0.05, 0) is 55.3 Å². The zero-order valence-corrected chi connectivity index (χ0v) is 15.8. The standard InChI is InChI=1S/C22H21N3O3/c1-3-14-5-4-6-16(11-14)25-22-20(13(2)24-25)18(12-19(27)23-22)21(28)15-7-9-17(26)10-8-15/h4-11,18,26H,3,12H2,1-2H3,(H,23,27). The van der Waals surface area contributed by atoms with Crippen LogP contribution in [0, 0.1) is 6.92 Å². The summed E-state index contributed by atoms with van der Waals surface area (Å²) in [5, 5.41) is 17.0. The van der Waals surface area contributed by atoms with Crippen LogP contribution >= 0.6 is 0 Å². The highest BCUT2D eigenvalue weighted by Gasteiger charge is 2.36. The highest BCUT2D eigenvalue weighted by atomic mass is 16.3. The molecule has 1 atom stereocenters. The smallest absolute Gasteiger partial charge is 0.226 e.